The molecule has 0 aliphatic rings. The van der Waals surface area contributed by atoms with E-state index in [4.69, 9.17) is 10.9 Å². The van der Waals surface area contributed by atoms with Crippen LogP contribution in [0.1, 0.15) is 37.8 Å². The number of hydrogen-bond donors (Lipinski definition) is 2. The van der Waals surface area contributed by atoms with E-state index in [0.29, 0.717) is 12.8 Å². The molecule has 0 aromatic heterocycles. The number of nitrogen functional groups attached to an aromatic ring is 1. The maximum Gasteiger partial charge on any atom is 0.370 e. The average Bonchev–Trinajstić information content (AvgIpc) is 2.40. The third-order valence-electron chi connectivity index (χ3n) is 3.31. The van der Waals surface area contributed by atoms with Crippen molar-refractivity contribution < 1.29 is 18.3 Å². The van der Waals surface area contributed by atoms with Gasteiger partial charge >= 0.3 is 11.4 Å². The maximum absolute atomic E-state index is 11.9. The molecule has 0 spiro atoms. The van der Waals surface area contributed by atoms with Crippen LogP contribution in [0, 0.1) is 20.2 Å². The Bertz CT molecular complexity index is 760. The summed E-state index contributed by atoms with van der Waals surface area (Å²) >= 11 is 0. The van der Waals surface area contributed by atoms with Gasteiger partial charge in [0.2, 0.25) is 10.0 Å². The molecule has 0 amide bonds. The van der Waals surface area contributed by atoms with Gasteiger partial charge in [-0.15, -0.1) is 0 Å². The van der Waals surface area contributed by atoms with E-state index in [1.54, 1.807) is 13.8 Å². The fourth-order valence-electron chi connectivity index (χ4n) is 2.53. The highest BCUT2D eigenvalue weighted by molar-refractivity contribution is 7.89. The van der Waals surface area contributed by atoms with E-state index in [9.17, 15) is 28.6 Å². The number of primary sulfonamides is 1. The lowest BCUT2D eigenvalue weighted by Crippen LogP contribution is -2.20. The fraction of sp³-hybridized carbons (Fsp3) is 0.500. The van der Waals surface area contributed by atoms with E-state index < -0.39 is 36.1 Å². The molecule has 1 rings (SSSR count). The molecule has 11 heteroatoms. The van der Waals surface area contributed by atoms with Crippen molar-refractivity contribution >= 4 is 27.1 Å². The number of nitrogens with zero attached hydrogens (tertiary/aromatic N) is 2. The van der Waals surface area contributed by atoms with Crippen LogP contribution in [-0.4, -0.2) is 18.3 Å². The first-order chi connectivity index (χ1) is 10.6. The van der Waals surface area contributed by atoms with Gasteiger partial charge in [-0.3, -0.25) is 20.2 Å². The van der Waals surface area contributed by atoms with Gasteiger partial charge in [-0.05, 0) is 24.0 Å². The maximum atomic E-state index is 11.9. The van der Waals surface area contributed by atoms with Crippen molar-refractivity contribution in [3.63, 3.8) is 0 Å². The molecule has 0 heterocycles. The zero-order chi connectivity index (χ0) is 17.9. The summed E-state index contributed by atoms with van der Waals surface area (Å²) < 4.78 is 23.8. The van der Waals surface area contributed by atoms with Crippen molar-refractivity contribution in [3.8, 4) is 0 Å². The van der Waals surface area contributed by atoms with Crippen LogP contribution in [0.5, 0.6) is 0 Å². The van der Waals surface area contributed by atoms with E-state index in [2.05, 4.69) is 0 Å². The lowest BCUT2D eigenvalue weighted by Gasteiger charge is -2.16. The minimum atomic E-state index is -4.55. The first kappa shape index (κ1) is 18.8. The number of nitro benzene ring substituents is 2. The molecule has 0 saturated heterocycles. The van der Waals surface area contributed by atoms with Crippen LogP contribution in [0.15, 0.2) is 4.90 Å². The summed E-state index contributed by atoms with van der Waals surface area (Å²) in [5.74, 6) is 0. The van der Waals surface area contributed by atoms with Gasteiger partial charge in [0.25, 0.3) is 0 Å². The number of anilines is 1. The van der Waals surface area contributed by atoms with E-state index in [1.165, 1.54) is 0 Å². The number of rotatable bonds is 7. The van der Waals surface area contributed by atoms with Crippen molar-refractivity contribution in [2.75, 3.05) is 5.73 Å². The lowest BCUT2D eigenvalue weighted by molar-refractivity contribution is -0.423. The monoisotopic (exact) mass is 346 g/mol. The molecular formula is C12H18N4O6S. The standard InChI is InChI=1S/C12H18N4O6S/c1-3-5-7-8(6-4-2)12(23(14,21)22)11(16(19)20)10(9(7)13)15(17)18/h3-6,13H2,1-2H3,(H2,14,21,22). The fourth-order valence-corrected chi connectivity index (χ4v) is 3.54. The predicted octanol–water partition coefficient (Wildman–Crippen LogP) is 1.64. The molecule has 0 atom stereocenters. The topological polar surface area (TPSA) is 172 Å². The van der Waals surface area contributed by atoms with Gasteiger partial charge in [-0.25, -0.2) is 13.6 Å². The molecule has 128 valence electrons. The van der Waals surface area contributed by atoms with Gasteiger partial charge in [0.05, 0.1) is 9.85 Å². The Hall–Kier alpha value is -2.27. The second-order valence-corrected chi connectivity index (χ2v) is 6.45. The molecule has 0 saturated carbocycles. The van der Waals surface area contributed by atoms with Crippen LogP contribution in [0.25, 0.3) is 0 Å². The van der Waals surface area contributed by atoms with Crippen molar-refractivity contribution in [1.29, 1.82) is 0 Å². The Labute approximate surface area is 132 Å². The summed E-state index contributed by atoms with van der Waals surface area (Å²) in [5.41, 5.74) is 3.52. The minimum absolute atomic E-state index is 0.0895. The second-order valence-electron chi connectivity index (χ2n) is 4.96. The summed E-state index contributed by atoms with van der Waals surface area (Å²) in [7, 11) is -4.55. The third-order valence-corrected chi connectivity index (χ3v) is 4.32. The average molecular weight is 346 g/mol. The molecule has 0 aliphatic carbocycles. The Balaban J connectivity index is 4.17. The molecular weight excluding hydrogens is 328 g/mol. The Kier molecular flexibility index (Phi) is 5.61. The predicted molar refractivity (Wildman–Crippen MR) is 83.5 cm³/mol. The Morgan fingerprint density at radius 2 is 1.39 bits per heavy atom. The van der Waals surface area contributed by atoms with Crippen LogP contribution in [0.4, 0.5) is 17.1 Å². The molecule has 4 N–H and O–H groups in total. The number of hydrogen-bond acceptors (Lipinski definition) is 7. The van der Waals surface area contributed by atoms with Gasteiger partial charge in [-0.2, -0.15) is 0 Å². The van der Waals surface area contributed by atoms with Crippen molar-refractivity contribution in [2.45, 2.75) is 44.4 Å². The zero-order valence-corrected chi connectivity index (χ0v) is 13.6. The van der Waals surface area contributed by atoms with Gasteiger partial charge in [0.15, 0.2) is 4.90 Å². The highest BCUT2D eigenvalue weighted by Gasteiger charge is 2.40. The van der Waals surface area contributed by atoms with Crippen molar-refractivity contribution in [2.24, 2.45) is 5.14 Å². The largest absolute Gasteiger partial charge is 0.393 e. The zero-order valence-electron chi connectivity index (χ0n) is 12.7. The number of benzene rings is 1. The van der Waals surface area contributed by atoms with E-state index in [0.717, 1.165) is 0 Å². The SMILES string of the molecule is CCCc1c(N)c([N+](=O)[O-])c([N+](=O)[O-])c(S(N)(=O)=O)c1CCC. The second kappa shape index (κ2) is 6.87. The third kappa shape index (κ3) is 3.56. The summed E-state index contributed by atoms with van der Waals surface area (Å²) in [6, 6.07) is 0. The van der Waals surface area contributed by atoms with Crippen LogP contribution >= 0.6 is 0 Å². The highest BCUT2D eigenvalue weighted by Crippen LogP contribution is 2.44. The lowest BCUT2D eigenvalue weighted by atomic mass is 9.95. The molecule has 10 nitrogen and oxygen atoms in total. The first-order valence-corrected chi connectivity index (χ1v) is 8.41. The van der Waals surface area contributed by atoms with Gasteiger partial charge in [0.1, 0.15) is 5.69 Å². The van der Waals surface area contributed by atoms with Crippen molar-refractivity contribution in [3.05, 3.63) is 31.4 Å². The molecule has 0 radical (unpaired) electrons. The normalized spacial score (nSPS) is 11.4. The van der Waals surface area contributed by atoms with Crippen LogP contribution in [0.3, 0.4) is 0 Å². The van der Waals surface area contributed by atoms with E-state index >= 15 is 0 Å². The Morgan fingerprint density at radius 1 is 0.957 bits per heavy atom. The molecule has 1 aromatic carbocycles. The molecule has 0 aliphatic heterocycles. The van der Waals surface area contributed by atoms with E-state index in [1.807, 2.05) is 0 Å². The first-order valence-electron chi connectivity index (χ1n) is 6.86. The smallest absolute Gasteiger partial charge is 0.370 e. The number of nitrogens with two attached hydrogens (primary N) is 2. The summed E-state index contributed by atoms with van der Waals surface area (Å²) in [5, 5.41) is 27.6. The van der Waals surface area contributed by atoms with Gasteiger partial charge in [-0.1, -0.05) is 26.7 Å². The molecule has 0 bridgehead atoms. The van der Waals surface area contributed by atoms with Gasteiger partial charge < -0.3 is 5.73 Å². The van der Waals surface area contributed by atoms with Crippen LogP contribution in [-0.2, 0) is 22.9 Å². The van der Waals surface area contributed by atoms with Gasteiger partial charge in [0, 0.05) is 0 Å². The Morgan fingerprint density at radius 3 is 1.74 bits per heavy atom. The summed E-state index contributed by atoms with van der Waals surface area (Å²) in [6.07, 6.45) is 1.40. The molecule has 1 aromatic rings. The highest BCUT2D eigenvalue weighted by atomic mass is 32.2. The van der Waals surface area contributed by atoms with Crippen molar-refractivity contribution in [1.82, 2.24) is 0 Å². The molecule has 0 unspecified atom stereocenters. The molecule has 0 fully saturated rings. The number of nitro groups is 2. The van der Waals surface area contributed by atoms with Crippen LogP contribution < -0.4 is 10.9 Å². The van der Waals surface area contributed by atoms with E-state index in [-0.39, 0.29) is 29.7 Å². The summed E-state index contributed by atoms with van der Waals surface area (Å²) in [4.78, 5) is 19.6. The molecule has 23 heavy (non-hydrogen) atoms. The quantitative estimate of drug-likeness (QED) is 0.428. The number of sulfonamides is 1. The van der Waals surface area contributed by atoms with Crippen LogP contribution in [0.2, 0.25) is 0 Å². The minimum Gasteiger partial charge on any atom is -0.393 e. The summed E-state index contributed by atoms with van der Waals surface area (Å²) in [6.45, 7) is 3.52.